The van der Waals surface area contributed by atoms with Gasteiger partial charge in [0.2, 0.25) is 0 Å². The zero-order valence-corrected chi connectivity index (χ0v) is 12.0. The van der Waals surface area contributed by atoms with E-state index in [0.717, 1.165) is 0 Å². The summed E-state index contributed by atoms with van der Waals surface area (Å²) in [4.78, 5) is 0.729. The second-order valence-electron chi connectivity index (χ2n) is 3.91. The Kier molecular flexibility index (Phi) is 4.92. The van der Waals surface area contributed by atoms with E-state index in [2.05, 4.69) is 5.32 Å². The van der Waals surface area contributed by atoms with Crippen LogP contribution in [-0.4, -0.2) is 10.7 Å². The van der Waals surface area contributed by atoms with E-state index in [1.54, 1.807) is 36.4 Å². The fourth-order valence-electron chi connectivity index (χ4n) is 1.72. The lowest BCUT2D eigenvalue weighted by Crippen LogP contribution is -2.11. The largest absolute Gasteiger partial charge is 0.389 e. The number of halogens is 2. The Morgan fingerprint density at radius 3 is 2.30 bits per heavy atom. The predicted octanol–water partition coefficient (Wildman–Crippen LogP) is 4.38. The Hall–Kier alpha value is -1.66. The molecular weight excluding hydrogens is 298 g/mol. The van der Waals surface area contributed by atoms with E-state index < -0.39 is 5.76 Å². The minimum Gasteiger partial charge on any atom is -0.389 e. The molecule has 2 aromatic carbocycles. The van der Waals surface area contributed by atoms with Crippen molar-refractivity contribution in [3.05, 3.63) is 54.1 Å². The van der Waals surface area contributed by atoms with E-state index in [1.807, 2.05) is 12.1 Å². The van der Waals surface area contributed by atoms with Crippen molar-refractivity contribution in [2.24, 2.45) is 5.73 Å². The molecule has 6 heteroatoms. The Labute approximate surface area is 125 Å². The average Bonchev–Trinajstić information content (AvgIpc) is 2.41. The van der Waals surface area contributed by atoms with Gasteiger partial charge >= 0.3 is 0 Å². The molecule has 0 radical (unpaired) electrons. The maximum Gasteiger partial charge on any atom is 0.288 e. The van der Waals surface area contributed by atoms with Crippen LogP contribution < -0.4 is 11.1 Å². The van der Waals surface area contributed by atoms with Crippen molar-refractivity contribution >= 4 is 40.3 Å². The van der Waals surface area contributed by atoms with Gasteiger partial charge in [0.1, 0.15) is 4.99 Å². The van der Waals surface area contributed by atoms with Gasteiger partial charge in [-0.05, 0) is 24.3 Å². The minimum atomic E-state index is -2.47. The molecule has 0 unspecified atom stereocenters. The number of benzene rings is 2. The normalized spacial score (nSPS) is 10.6. The number of rotatable bonds is 5. The number of nitrogens with one attached hydrogen (secondary N) is 1. The molecule has 20 heavy (non-hydrogen) atoms. The number of anilines is 2. The van der Waals surface area contributed by atoms with Crippen LogP contribution in [0.3, 0.4) is 0 Å². The van der Waals surface area contributed by atoms with Crippen LogP contribution >= 0.6 is 24.0 Å². The van der Waals surface area contributed by atoms with Gasteiger partial charge in [0, 0.05) is 16.1 Å². The van der Waals surface area contributed by atoms with Crippen molar-refractivity contribution < 1.29 is 8.78 Å². The van der Waals surface area contributed by atoms with Crippen molar-refractivity contribution in [2.75, 3.05) is 5.32 Å². The Morgan fingerprint density at radius 1 is 1.05 bits per heavy atom. The molecule has 2 aromatic rings. The van der Waals surface area contributed by atoms with Gasteiger partial charge in [-0.25, -0.2) is 0 Å². The molecule has 2 rings (SSSR count). The number of nitrogens with two attached hydrogens (primary N) is 1. The Morgan fingerprint density at radius 2 is 1.65 bits per heavy atom. The second kappa shape index (κ2) is 6.67. The molecule has 0 spiro atoms. The van der Waals surface area contributed by atoms with Gasteiger partial charge in [-0.3, -0.25) is 0 Å². The molecule has 0 atom stereocenters. The average molecular weight is 310 g/mol. The Balaban J connectivity index is 2.33. The zero-order chi connectivity index (χ0) is 14.5. The number of thiocarbonyl (C=S) groups is 1. The van der Waals surface area contributed by atoms with Gasteiger partial charge in [0.15, 0.2) is 0 Å². The summed E-state index contributed by atoms with van der Waals surface area (Å²) >= 11 is 5.48. The molecule has 0 saturated heterocycles. The summed E-state index contributed by atoms with van der Waals surface area (Å²) in [6.07, 6.45) is 0. The molecule has 0 heterocycles. The highest BCUT2D eigenvalue weighted by Crippen LogP contribution is 2.33. The van der Waals surface area contributed by atoms with Gasteiger partial charge < -0.3 is 11.1 Å². The summed E-state index contributed by atoms with van der Waals surface area (Å²) in [5.41, 5.74) is 7.63. The van der Waals surface area contributed by atoms with E-state index in [4.69, 9.17) is 18.0 Å². The van der Waals surface area contributed by atoms with Crippen LogP contribution in [0.15, 0.2) is 53.4 Å². The molecule has 0 amide bonds. The van der Waals surface area contributed by atoms with Crippen LogP contribution in [0.4, 0.5) is 20.2 Å². The smallest absolute Gasteiger partial charge is 0.288 e. The maximum absolute atomic E-state index is 12.5. The lowest BCUT2D eigenvalue weighted by atomic mass is 10.1. The van der Waals surface area contributed by atoms with Crippen LogP contribution in [0.2, 0.25) is 0 Å². The molecule has 104 valence electrons. The van der Waals surface area contributed by atoms with Crippen LogP contribution in [0, 0.1) is 0 Å². The number of alkyl halides is 2. The number of thioether (sulfide) groups is 1. The lowest BCUT2D eigenvalue weighted by Gasteiger charge is -2.14. The molecule has 0 aliphatic rings. The van der Waals surface area contributed by atoms with Gasteiger partial charge in [0.25, 0.3) is 5.76 Å². The van der Waals surface area contributed by atoms with Crippen LogP contribution in [-0.2, 0) is 0 Å². The van der Waals surface area contributed by atoms with E-state index in [1.165, 1.54) is 0 Å². The first-order valence-corrected chi connectivity index (χ1v) is 7.06. The highest BCUT2D eigenvalue weighted by Gasteiger charge is 2.11. The summed E-state index contributed by atoms with van der Waals surface area (Å²) in [5, 5.41) is 3.11. The third-order valence-electron chi connectivity index (χ3n) is 2.56. The summed E-state index contributed by atoms with van der Waals surface area (Å²) < 4.78 is 25.1. The van der Waals surface area contributed by atoms with E-state index in [9.17, 15) is 8.78 Å². The lowest BCUT2D eigenvalue weighted by molar-refractivity contribution is 0.252. The van der Waals surface area contributed by atoms with Gasteiger partial charge in [-0.15, -0.1) is 0 Å². The zero-order valence-electron chi connectivity index (χ0n) is 10.3. The van der Waals surface area contributed by atoms with Crippen LogP contribution in [0.25, 0.3) is 0 Å². The molecule has 0 bridgehead atoms. The second-order valence-corrected chi connectivity index (χ2v) is 5.38. The van der Waals surface area contributed by atoms with Crippen molar-refractivity contribution in [1.29, 1.82) is 0 Å². The molecule has 2 nitrogen and oxygen atoms in total. The number of hydrogen-bond acceptors (Lipinski definition) is 3. The minimum absolute atomic E-state index is 0.257. The molecule has 0 fully saturated rings. The molecule has 0 saturated carbocycles. The van der Waals surface area contributed by atoms with E-state index in [0.29, 0.717) is 33.6 Å². The fraction of sp³-hybridized carbons (Fsp3) is 0.0714. The first-order valence-electron chi connectivity index (χ1n) is 5.77. The van der Waals surface area contributed by atoms with Crippen LogP contribution in [0.5, 0.6) is 0 Å². The molecule has 0 aromatic heterocycles. The van der Waals surface area contributed by atoms with E-state index in [-0.39, 0.29) is 4.99 Å². The SMILES string of the molecule is NC(=S)c1ccccc1Nc1ccccc1SC(F)F. The summed E-state index contributed by atoms with van der Waals surface area (Å²) in [7, 11) is 0. The third kappa shape index (κ3) is 3.68. The van der Waals surface area contributed by atoms with Gasteiger partial charge in [-0.2, -0.15) is 8.78 Å². The van der Waals surface area contributed by atoms with E-state index >= 15 is 0 Å². The van der Waals surface area contributed by atoms with Gasteiger partial charge in [0.05, 0.1) is 5.69 Å². The summed E-state index contributed by atoms with van der Waals surface area (Å²) in [6, 6.07) is 14.1. The quantitative estimate of drug-likeness (QED) is 0.635. The topological polar surface area (TPSA) is 38.0 Å². The molecule has 3 N–H and O–H groups in total. The monoisotopic (exact) mass is 310 g/mol. The number of para-hydroxylation sites is 2. The van der Waals surface area contributed by atoms with Crippen molar-refractivity contribution in [3.63, 3.8) is 0 Å². The van der Waals surface area contributed by atoms with Crippen molar-refractivity contribution in [3.8, 4) is 0 Å². The first kappa shape index (κ1) is 14.7. The molecular formula is C14H12F2N2S2. The standard InChI is InChI=1S/C14H12F2N2S2/c15-14(16)20-12-8-4-3-7-11(12)18-10-6-2-1-5-9(10)13(17)19/h1-8,14,18H,(H2,17,19). The van der Waals surface area contributed by atoms with Crippen molar-refractivity contribution in [2.45, 2.75) is 10.7 Å². The Bertz CT molecular complexity index is 618. The maximum atomic E-state index is 12.5. The number of hydrogen-bond donors (Lipinski definition) is 2. The van der Waals surface area contributed by atoms with Crippen LogP contribution in [0.1, 0.15) is 5.56 Å². The molecule has 0 aliphatic heterocycles. The predicted molar refractivity (Wildman–Crippen MR) is 83.9 cm³/mol. The highest BCUT2D eigenvalue weighted by molar-refractivity contribution is 7.99. The van der Waals surface area contributed by atoms with Crippen molar-refractivity contribution in [1.82, 2.24) is 0 Å². The summed E-state index contributed by atoms with van der Waals surface area (Å²) in [6.45, 7) is 0. The fourth-order valence-corrected chi connectivity index (χ4v) is 2.49. The molecule has 0 aliphatic carbocycles. The third-order valence-corrected chi connectivity index (χ3v) is 3.57. The van der Waals surface area contributed by atoms with Gasteiger partial charge in [-0.1, -0.05) is 48.2 Å². The highest BCUT2D eigenvalue weighted by atomic mass is 32.2. The first-order chi connectivity index (χ1) is 9.58. The summed E-state index contributed by atoms with van der Waals surface area (Å²) in [5.74, 6) is -2.47.